The second-order valence-corrected chi connectivity index (χ2v) is 9.40. The molecule has 1 N–H and O–H groups in total. The normalized spacial score (nSPS) is 28.2. The van der Waals surface area contributed by atoms with Crippen molar-refractivity contribution >= 4 is 34.8 Å². The highest BCUT2D eigenvalue weighted by Crippen LogP contribution is 2.52. The van der Waals surface area contributed by atoms with E-state index >= 15 is 0 Å². The minimum absolute atomic E-state index is 0.195. The zero-order chi connectivity index (χ0) is 23.2. The number of hydrogen-bond donors (Lipinski definition) is 1. The number of thiophene rings is 1. The zero-order valence-electron chi connectivity index (χ0n) is 18.5. The van der Waals surface area contributed by atoms with Gasteiger partial charge in [-0.2, -0.15) is 0 Å². The highest BCUT2D eigenvalue weighted by atomic mass is 32.1. The third kappa shape index (κ3) is 3.33. The molecule has 33 heavy (non-hydrogen) atoms. The first-order valence-electron chi connectivity index (χ1n) is 11.3. The molecule has 0 radical (unpaired) electrons. The number of benzene rings is 1. The van der Waals surface area contributed by atoms with Crippen LogP contribution in [0.25, 0.3) is 0 Å². The summed E-state index contributed by atoms with van der Waals surface area (Å²) in [5.41, 5.74) is -0.845. The molecule has 5 rings (SSSR count). The van der Waals surface area contributed by atoms with Crippen LogP contribution in [0.5, 0.6) is 11.5 Å². The highest BCUT2D eigenvalue weighted by Gasteiger charge is 2.68. The fourth-order valence-corrected chi connectivity index (χ4v) is 6.14. The van der Waals surface area contributed by atoms with Crippen molar-refractivity contribution in [3.63, 3.8) is 0 Å². The van der Waals surface area contributed by atoms with Crippen molar-refractivity contribution in [1.82, 2.24) is 5.32 Å². The van der Waals surface area contributed by atoms with Crippen molar-refractivity contribution in [3.05, 3.63) is 40.6 Å². The molecule has 0 unspecified atom stereocenters. The maximum atomic E-state index is 13.9. The lowest BCUT2D eigenvalue weighted by Crippen LogP contribution is -2.56. The molecule has 2 saturated heterocycles. The monoisotopic (exact) mass is 470 g/mol. The Labute approximate surface area is 195 Å². The molecule has 2 amide bonds. The Morgan fingerprint density at radius 2 is 1.97 bits per heavy atom. The van der Waals surface area contributed by atoms with Gasteiger partial charge in [0.15, 0.2) is 11.5 Å². The predicted molar refractivity (Wildman–Crippen MR) is 121 cm³/mol. The molecule has 4 heterocycles. The summed E-state index contributed by atoms with van der Waals surface area (Å²) in [6.07, 6.45) is 1.04. The number of hydrogen-bond acceptors (Lipinski definition) is 8. The van der Waals surface area contributed by atoms with Crippen LogP contribution in [0.15, 0.2) is 35.7 Å². The Morgan fingerprint density at radius 1 is 1.18 bits per heavy atom. The van der Waals surface area contributed by atoms with Crippen LogP contribution in [0.1, 0.15) is 37.6 Å². The summed E-state index contributed by atoms with van der Waals surface area (Å²) in [6.45, 7) is 4.74. The highest BCUT2D eigenvalue weighted by molar-refractivity contribution is 7.10. The SMILES string of the molecule is CCC[C@]1(C(=O)OCC)N[C@H](c2cccs2)[C@H]2C(=O)N(c3ccc4c(c3)OCCO4)C(=O)[C@H]21. The molecule has 174 valence electrons. The topological polar surface area (TPSA) is 94.2 Å². The third-order valence-corrected chi connectivity index (χ3v) is 7.53. The molecule has 3 aliphatic heterocycles. The molecular formula is C24H26N2O6S. The second-order valence-electron chi connectivity index (χ2n) is 8.42. The van der Waals surface area contributed by atoms with E-state index in [1.807, 2.05) is 24.4 Å². The molecule has 0 aliphatic carbocycles. The number of anilines is 1. The van der Waals surface area contributed by atoms with Crippen molar-refractivity contribution in [1.29, 1.82) is 0 Å². The summed E-state index contributed by atoms with van der Waals surface area (Å²) >= 11 is 1.50. The van der Waals surface area contributed by atoms with Crippen LogP contribution in [0.2, 0.25) is 0 Å². The number of nitrogens with one attached hydrogen (secondary N) is 1. The number of esters is 1. The van der Waals surface area contributed by atoms with Crippen LogP contribution in [-0.2, 0) is 19.1 Å². The molecule has 8 nitrogen and oxygen atoms in total. The quantitative estimate of drug-likeness (QED) is 0.512. The predicted octanol–water partition coefficient (Wildman–Crippen LogP) is 3.07. The van der Waals surface area contributed by atoms with Crippen LogP contribution in [0.3, 0.4) is 0 Å². The number of amides is 2. The Balaban J connectivity index is 1.60. The van der Waals surface area contributed by atoms with Crippen LogP contribution >= 0.6 is 11.3 Å². The molecule has 0 spiro atoms. The van der Waals surface area contributed by atoms with E-state index in [1.54, 1.807) is 25.1 Å². The van der Waals surface area contributed by atoms with Gasteiger partial charge in [0.25, 0.3) is 0 Å². The van der Waals surface area contributed by atoms with E-state index in [9.17, 15) is 14.4 Å². The summed E-state index contributed by atoms with van der Waals surface area (Å²) in [7, 11) is 0. The fourth-order valence-electron chi connectivity index (χ4n) is 5.31. The van der Waals surface area contributed by atoms with Gasteiger partial charge in [0.05, 0.1) is 30.2 Å². The molecule has 1 aromatic carbocycles. The van der Waals surface area contributed by atoms with E-state index in [4.69, 9.17) is 14.2 Å². The van der Waals surface area contributed by atoms with E-state index in [0.29, 0.717) is 43.2 Å². The molecule has 4 atom stereocenters. The Bertz CT molecular complexity index is 1090. The Kier molecular flexibility index (Phi) is 5.62. The summed E-state index contributed by atoms with van der Waals surface area (Å²) in [4.78, 5) is 43.1. The van der Waals surface area contributed by atoms with Gasteiger partial charge in [-0.05, 0) is 36.9 Å². The first-order chi connectivity index (χ1) is 16.0. The maximum absolute atomic E-state index is 13.9. The van der Waals surface area contributed by atoms with Gasteiger partial charge in [-0.25, -0.2) is 4.90 Å². The molecular weight excluding hydrogens is 444 g/mol. The van der Waals surface area contributed by atoms with Gasteiger partial charge in [0.1, 0.15) is 18.8 Å². The average molecular weight is 471 g/mol. The molecule has 0 bridgehead atoms. The van der Waals surface area contributed by atoms with E-state index in [1.165, 1.54) is 16.2 Å². The van der Waals surface area contributed by atoms with Gasteiger partial charge in [0.2, 0.25) is 11.8 Å². The first kappa shape index (κ1) is 21.9. The Hall–Kier alpha value is -2.91. The largest absolute Gasteiger partial charge is 0.486 e. The fraction of sp³-hybridized carbons (Fsp3) is 0.458. The lowest BCUT2D eigenvalue weighted by atomic mass is 9.77. The van der Waals surface area contributed by atoms with E-state index in [2.05, 4.69) is 5.32 Å². The molecule has 0 saturated carbocycles. The van der Waals surface area contributed by atoms with Gasteiger partial charge in [-0.3, -0.25) is 19.7 Å². The lowest BCUT2D eigenvalue weighted by molar-refractivity contribution is -0.155. The van der Waals surface area contributed by atoms with E-state index in [-0.39, 0.29) is 12.5 Å². The van der Waals surface area contributed by atoms with Gasteiger partial charge in [-0.1, -0.05) is 19.4 Å². The summed E-state index contributed by atoms with van der Waals surface area (Å²) in [5, 5.41) is 5.33. The first-order valence-corrected chi connectivity index (χ1v) is 12.2. The molecule has 1 aromatic heterocycles. The van der Waals surface area contributed by atoms with Crippen LogP contribution in [0, 0.1) is 11.8 Å². The Morgan fingerprint density at radius 3 is 2.67 bits per heavy atom. The zero-order valence-corrected chi connectivity index (χ0v) is 19.4. The van der Waals surface area contributed by atoms with Gasteiger partial charge in [-0.15, -0.1) is 11.3 Å². The molecule has 9 heteroatoms. The van der Waals surface area contributed by atoms with Gasteiger partial charge < -0.3 is 14.2 Å². The standard InChI is InChI=1S/C24H26N2O6S/c1-3-9-24(23(29)30-4-2)19-18(20(25-24)17-6-5-12-33-17)21(27)26(22(19)28)14-7-8-15-16(13-14)32-11-10-31-15/h5-8,12-13,18-20,25H,3-4,9-11H2,1-2H3/t18-,19-,20+,24-/m0/s1. The number of rotatable bonds is 6. The summed E-state index contributed by atoms with van der Waals surface area (Å²) in [5.74, 6) is -1.69. The van der Waals surface area contributed by atoms with Gasteiger partial charge >= 0.3 is 5.97 Å². The minimum Gasteiger partial charge on any atom is -0.486 e. The van der Waals surface area contributed by atoms with Crippen LogP contribution in [0.4, 0.5) is 5.69 Å². The molecule has 2 fully saturated rings. The average Bonchev–Trinajstić information content (AvgIpc) is 3.51. The van der Waals surface area contributed by atoms with E-state index < -0.39 is 35.3 Å². The second kappa shape index (κ2) is 8.46. The van der Waals surface area contributed by atoms with Crippen molar-refractivity contribution < 1.29 is 28.6 Å². The lowest BCUT2D eigenvalue weighted by Gasteiger charge is -2.32. The smallest absolute Gasteiger partial charge is 0.327 e. The van der Waals surface area contributed by atoms with Crippen molar-refractivity contribution in [3.8, 4) is 11.5 Å². The van der Waals surface area contributed by atoms with Crippen molar-refractivity contribution in [2.24, 2.45) is 11.8 Å². The number of nitrogens with zero attached hydrogens (tertiary/aromatic N) is 1. The third-order valence-electron chi connectivity index (χ3n) is 6.57. The van der Waals surface area contributed by atoms with Crippen LogP contribution < -0.4 is 19.7 Å². The van der Waals surface area contributed by atoms with Crippen molar-refractivity contribution in [2.45, 2.75) is 38.3 Å². The van der Waals surface area contributed by atoms with E-state index in [0.717, 1.165) is 4.88 Å². The number of fused-ring (bicyclic) bond motifs is 2. The number of imide groups is 1. The number of carbonyl (C=O) groups excluding carboxylic acids is 3. The van der Waals surface area contributed by atoms with Gasteiger partial charge in [0, 0.05) is 10.9 Å². The molecule has 3 aliphatic rings. The summed E-state index contributed by atoms with van der Waals surface area (Å²) < 4.78 is 16.7. The van der Waals surface area contributed by atoms with Crippen LogP contribution in [-0.4, -0.2) is 43.1 Å². The number of ether oxygens (including phenoxy) is 3. The minimum atomic E-state index is -1.26. The molecule has 2 aromatic rings. The summed E-state index contributed by atoms with van der Waals surface area (Å²) in [6, 6.07) is 8.43. The van der Waals surface area contributed by atoms with Crippen molar-refractivity contribution in [2.75, 3.05) is 24.7 Å². The maximum Gasteiger partial charge on any atom is 0.327 e. The number of carbonyl (C=O) groups is 3.